The number of benzene rings is 2. The van der Waals surface area contributed by atoms with E-state index in [0.29, 0.717) is 0 Å². The summed E-state index contributed by atoms with van der Waals surface area (Å²) in [6, 6.07) is 16.5. The molecule has 1 nitrogen and oxygen atoms in total. The van der Waals surface area contributed by atoms with Crippen molar-refractivity contribution in [3.05, 3.63) is 70.2 Å². The van der Waals surface area contributed by atoms with Crippen LogP contribution in [0.2, 0.25) is 5.02 Å². The maximum atomic E-state index is 6.21. The van der Waals surface area contributed by atoms with E-state index < -0.39 is 0 Å². The van der Waals surface area contributed by atoms with Gasteiger partial charge in [-0.3, -0.25) is 0 Å². The van der Waals surface area contributed by atoms with Crippen molar-refractivity contribution in [2.45, 2.75) is 24.6 Å². The van der Waals surface area contributed by atoms with Crippen molar-refractivity contribution < 1.29 is 0 Å². The highest BCUT2D eigenvalue weighted by molar-refractivity contribution is 7.98. The van der Waals surface area contributed by atoms with Crippen molar-refractivity contribution in [2.75, 3.05) is 0 Å². The van der Waals surface area contributed by atoms with Crippen molar-refractivity contribution in [2.24, 2.45) is 0 Å². The van der Waals surface area contributed by atoms with E-state index in [4.69, 9.17) is 16.6 Å². The Balaban J connectivity index is 1.91. The van der Waals surface area contributed by atoms with Crippen LogP contribution in [-0.4, -0.2) is 4.98 Å². The first-order chi connectivity index (χ1) is 10.1. The number of halogens is 1. The highest BCUT2D eigenvalue weighted by atomic mass is 35.5. The van der Waals surface area contributed by atoms with Crippen molar-refractivity contribution in [1.29, 1.82) is 0 Å². The zero-order valence-corrected chi connectivity index (χ0v) is 13.6. The van der Waals surface area contributed by atoms with Crippen molar-refractivity contribution in [3.63, 3.8) is 0 Å². The number of fused-ring (bicyclic) bond motifs is 1. The number of thioether (sulfide) groups is 1. The zero-order valence-electron chi connectivity index (χ0n) is 12.1. The molecular weight excluding hydrogens is 298 g/mol. The summed E-state index contributed by atoms with van der Waals surface area (Å²) in [4.78, 5) is 4.80. The molecule has 106 valence electrons. The Kier molecular flexibility index (Phi) is 4.18. The molecule has 0 aliphatic carbocycles. The number of aromatic nitrogens is 1. The van der Waals surface area contributed by atoms with Gasteiger partial charge in [-0.15, -0.1) is 11.8 Å². The van der Waals surface area contributed by atoms with Crippen LogP contribution in [0.15, 0.2) is 53.6 Å². The molecule has 3 heteroatoms. The average Bonchev–Trinajstić information content (AvgIpc) is 2.48. The molecule has 0 atom stereocenters. The van der Waals surface area contributed by atoms with Gasteiger partial charge in [0.2, 0.25) is 0 Å². The summed E-state index contributed by atoms with van der Waals surface area (Å²) in [6.45, 7) is 4.25. The molecule has 0 aliphatic heterocycles. The van der Waals surface area contributed by atoms with Crippen LogP contribution in [-0.2, 0) is 5.75 Å². The number of hydrogen-bond acceptors (Lipinski definition) is 2. The summed E-state index contributed by atoms with van der Waals surface area (Å²) in [5.41, 5.74) is 4.73. The molecule has 3 aromatic rings. The molecule has 0 saturated heterocycles. The quantitative estimate of drug-likeness (QED) is 0.567. The molecule has 2 aromatic carbocycles. The fourth-order valence-electron chi connectivity index (χ4n) is 2.37. The van der Waals surface area contributed by atoms with Crippen LogP contribution in [0.4, 0.5) is 0 Å². The van der Waals surface area contributed by atoms with Gasteiger partial charge in [-0.1, -0.05) is 48.0 Å². The molecule has 0 saturated carbocycles. The lowest BCUT2D eigenvalue weighted by Crippen LogP contribution is -1.90. The Labute approximate surface area is 134 Å². The molecule has 0 N–H and O–H groups in total. The van der Waals surface area contributed by atoms with Crippen LogP contribution in [0.3, 0.4) is 0 Å². The molecule has 21 heavy (non-hydrogen) atoms. The zero-order chi connectivity index (χ0) is 14.8. The van der Waals surface area contributed by atoms with Gasteiger partial charge in [0.1, 0.15) is 0 Å². The molecule has 0 bridgehead atoms. The molecule has 0 unspecified atom stereocenters. The minimum Gasteiger partial charge on any atom is -0.241 e. The van der Waals surface area contributed by atoms with E-state index in [9.17, 15) is 0 Å². The Morgan fingerprint density at radius 2 is 1.81 bits per heavy atom. The predicted molar refractivity (Wildman–Crippen MR) is 92.2 cm³/mol. The van der Waals surface area contributed by atoms with Gasteiger partial charge in [0.15, 0.2) is 0 Å². The summed E-state index contributed by atoms with van der Waals surface area (Å²) in [5, 5.41) is 3.10. The molecule has 0 amide bonds. The molecule has 3 rings (SSSR count). The minimum absolute atomic E-state index is 0.818. The number of rotatable bonds is 3. The standard InChI is InChI=1S/C18H16ClNS/c1-12-6-5-8-15-13(2)10-17(20-18(12)15)21-11-14-7-3-4-9-16(14)19/h3-10H,11H2,1-2H3. The second kappa shape index (κ2) is 6.08. The van der Waals surface area contributed by atoms with E-state index in [1.807, 2.05) is 18.2 Å². The number of nitrogens with zero attached hydrogens (tertiary/aromatic N) is 1. The van der Waals surface area contributed by atoms with Crippen LogP contribution in [0.1, 0.15) is 16.7 Å². The van der Waals surface area contributed by atoms with Gasteiger partial charge in [-0.05, 0) is 42.7 Å². The lowest BCUT2D eigenvalue weighted by atomic mass is 10.1. The van der Waals surface area contributed by atoms with Gasteiger partial charge in [-0.2, -0.15) is 0 Å². The third-order valence-corrected chi connectivity index (χ3v) is 4.89. The first kappa shape index (κ1) is 14.4. The monoisotopic (exact) mass is 313 g/mol. The number of pyridine rings is 1. The Hall–Kier alpha value is -1.51. The van der Waals surface area contributed by atoms with Crippen LogP contribution in [0.5, 0.6) is 0 Å². The van der Waals surface area contributed by atoms with Crippen molar-refractivity contribution >= 4 is 34.3 Å². The Morgan fingerprint density at radius 3 is 2.62 bits per heavy atom. The molecule has 0 aliphatic rings. The average molecular weight is 314 g/mol. The van der Waals surface area contributed by atoms with Gasteiger partial charge in [0.25, 0.3) is 0 Å². The summed E-state index contributed by atoms with van der Waals surface area (Å²) in [5.74, 6) is 0.837. The van der Waals surface area contributed by atoms with E-state index >= 15 is 0 Å². The van der Waals surface area contributed by atoms with Crippen LogP contribution >= 0.6 is 23.4 Å². The topological polar surface area (TPSA) is 12.9 Å². The largest absolute Gasteiger partial charge is 0.241 e. The second-order valence-electron chi connectivity index (χ2n) is 5.13. The molecule has 1 heterocycles. The number of aryl methyl sites for hydroxylation is 2. The molecular formula is C18H16ClNS. The molecule has 1 aromatic heterocycles. The van der Waals surface area contributed by atoms with Crippen LogP contribution in [0, 0.1) is 13.8 Å². The SMILES string of the molecule is Cc1cc(SCc2ccccc2Cl)nc2c(C)cccc12. The summed E-state index contributed by atoms with van der Waals surface area (Å²) in [6.07, 6.45) is 0. The normalized spacial score (nSPS) is 11.0. The lowest BCUT2D eigenvalue weighted by molar-refractivity contribution is 1.15. The highest BCUT2D eigenvalue weighted by Gasteiger charge is 2.06. The van der Waals surface area contributed by atoms with Crippen LogP contribution in [0.25, 0.3) is 10.9 Å². The smallest absolute Gasteiger partial charge is 0.0973 e. The lowest BCUT2D eigenvalue weighted by Gasteiger charge is -2.09. The first-order valence-corrected chi connectivity index (χ1v) is 8.24. The van der Waals surface area contributed by atoms with Gasteiger partial charge >= 0.3 is 0 Å². The van der Waals surface area contributed by atoms with Crippen molar-refractivity contribution in [1.82, 2.24) is 4.98 Å². The second-order valence-corrected chi connectivity index (χ2v) is 6.53. The fraction of sp³-hybridized carbons (Fsp3) is 0.167. The van der Waals surface area contributed by atoms with E-state index in [0.717, 1.165) is 26.9 Å². The van der Waals surface area contributed by atoms with E-state index in [-0.39, 0.29) is 0 Å². The fourth-order valence-corrected chi connectivity index (χ4v) is 3.62. The third kappa shape index (κ3) is 3.07. The minimum atomic E-state index is 0.818. The Morgan fingerprint density at radius 1 is 1.00 bits per heavy atom. The van der Waals surface area contributed by atoms with Gasteiger partial charge < -0.3 is 0 Å². The summed E-state index contributed by atoms with van der Waals surface area (Å²) < 4.78 is 0. The van der Waals surface area contributed by atoms with Gasteiger partial charge in [0.05, 0.1) is 10.5 Å². The van der Waals surface area contributed by atoms with E-state index in [2.05, 4.69) is 44.2 Å². The molecule has 0 fully saturated rings. The van der Waals surface area contributed by atoms with E-state index in [1.165, 1.54) is 16.5 Å². The maximum absolute atomic E-state index is 6.21. The molecule has 0 spiro atoms. The summed E-state index contributed by atoms with van der Waals surface area (Å²) in [7, 11) is 0. The first-order valence-electron chi connectivity index (χ1n) is 6.88. The van der Waals surface area contributed by atoms with Crippen molar-refractivity contribution in [3.8, 4) is 0 Å². The molecule has 0 radical (unpaired) electrons. The Bertz CT molecular complexity index is 798. The van der Waals surface area contributed by atoms with Crippen LogP contribution < -0.4 is 0 Å². The third-order valence-electron chi connectivity index (χ3n) is 3.56. The summed E-state index contributed by atoms with van der Waals surface area (Å²) >= 11 is 7.94. The highest BCUT2D eigenvalue weighted by Crippen LogP contribution is 2.29. The van der Waals surface area contributed by atoms with Gasteiger partial charge in [0, 0.05) is 16.2 Å². The van der Waals surface area contributed by atoms with Gasteiger partial charge in [-0.25, -0.2) is 4.98 Å². The maximum Gasteiger partial charge on any atom is 0.0973 e. The number of para-hydroxylation sites is 1. The number of hydrogen-bond donors (Lipinski definition) is 0. The predicted octanol–water partition coefficient (Wildman–Crippen LogP) is 5.80. The van der Waals surface area contributed by atoms with E-state index in [1.54, 1.807) is 11.8 Å².